The number of unbranched alkanes of at least 4 members (excludes halogenated alkanes) is 7. The number of ether oxygens (including phenoxy) is 1. The molecule has 3 rings (SSSR count). The highest BCUT2D eigenvalue weighted by Gasteiger charge is 2.45. The van der Waals surface area contributed by atoms with Crippen LogP contribution in [0.3, 0.4) is 0 Å². The van der Waals surface area contributed by atoms with Gasteiger partial charge >= 0.3 is 0 Å². The lowest BCUT2D eigenvalue weighted by Crippen LogP contribution is -2.54. The molecule has 200 valence electrons. The van der Waals surface area contributed by atoms with Crippen molar-refractivity contribution in [2.24, 2.45) is 5.11 Å². The Kier molecular flexibility index (Phi) is 10.9. The number of amides is 4. The van der Waals surface area contributed by atoms with E-state index >= 15 is 0 Å². The van der Waals surface area contributed by atoms with Gasteiger partial charge < -0.3 is 9.64 Å². The number of nitrogens with one attached hydrogen (secondary N) is 1. The molecule has 2 aliphatic heterocycles. The van der Waals surface area contributed by atoms with E-state index in [-0.39, 0.29) is 24.0 Å². The lowest BCUT2D eigenvalue weighted by Gasteiger charge is -2.27. The summed E-state index contributed by atoms with van der Waals surface area (Å²) in [6.07, 6.45) is 9.10. The number of hydrogen-bond acceptors (Lipinski definition) is 7. The van der Waals surface area contributed by atoms with Gasteiger partial charge in [0.15, 0.2) is 0 Å². The zero-order valence-corrected chi connectivity index (χ0v) is 21.5. The Bertz CT molecular complexity index is 1040. The highest BCUT2D eigenvalue weighted by atomic mass is 16.5. The number of piperidine rings is 1. The van der Waals surface area contributed by atoms with Crippen molar-refractivity contribution in [1.29, 1.82) is 0 Å². The van der Waals surface area contributed by atoms with Gasteiger partial charge in [-0.25, -0.2) is 0 Å². The van der Waals surface area contributed by atoms with Crippen LogP contribution in [0, 0.1) is 0 Å². The first kappa shape index (κ1) is 28.1. The zero-order chi connectivity index (χ0) is 26.6. The molecule has 0 aliphatic carbocycles. The van der Waals surface area contributed by atoms with E-state index in [1.165, 1.54) is 25.7 Å². The molecule has 0 spiro atoms. The normalized spacial score (nSPS) is 17.1. The number of imide groups is 2. The van der Waals surface area contributed by atoms with Crippen molar-refractivity contribution < 1.29 is 23.9 Å². The van der Waals surface area contributed by atoms with Crippen molar-refractivity contribution in [2.45, 2.75) is 70.3 Å². The average Bonchev–Trinajstić information content (AvgIpc) is 3.13. The van der Waals surface area contributed by atoms with Gasteiger partial charge in [-0.2, -0.15) is 0 Å². The van der Waals surface area contributed by atoms with Crippen LogP contribution in [0.5, 0.6) is 5.75 Å². The fourth-order valence-electron chi connectivity index (χ4n) is 4.70. The third kappa shape index (κ3) is 7.77. The van der Waals surface area contributed by atoms with Crippen molar-refractivity contribution >= 4 is 23.6 Å². The summed E-state index contributed by atoms with van der Waals surface area (Å²) in [7, 11) is 2.04. The maximum Gasteiger partial charge on any atom is 0.266 e. The Balaban J connectivity index is 1.33. The minimum Gasteiger partial charge on any atom is -0.493 e. The van der Waals surface area contributed by atoms with E-state index in [0.29, 0.717) is 18.9 Å². The van der Waals surface area contributed by atoms with Crippen molar-refractivity contribution in [1.82, 2.24) is 15.1 Å². The van der Waals surface area contributed by atoms with E-state index in [4.69, 9.17) is 10.3 Å². The van der Waals surface area contributed by atoms with Gasteiger partial charge in [-0.15, -0.1) is 0 Å². The monoisotopic (exact) mass is 512 g/mol. The summed E-state index contributed by atoms with van der Waals surface area (Å²) in [6.45, 7) is 2.76. The van der Waals surface area contributed by atoms with Crippen LogP contribution < -0.4 is 10.1 Å². The number of likely N-dealkylation sites (N-methyl/N-ethyl adjacent to an activating group) is 1. The first-order chi connectivity index (χ1) is 17.9. The number of carbonyl (C=O) groups is 4. The summed E-state index contributed by atoms with van der Waals surface area (Å²) < 4.78 is 5.88. The third-order valence-electron chi connectivity index (χ3n) is 6.77. The van der Waals surface area contributed by atoms with Gasteiger partial charge in [0.25, 0.3) is 11.8 Å². The Labute approximate surface area is 217 Å². The van der Waals surface area contributed by atoms with Gasteiger partial charge in [0, 0.05) is 24.4 Å². The molecule has 0 bridgehead atoms. The summed E-state index contributed by atoms with van der Waals surface area (Å²) in [5, 5.41) is 5.76. The molecule has 1 aromatic carbocycles. The summed E-state index contributed by atoms with van der Waals surface area (Å²) in [5.74, 6) is -1.74. The Morgan fingerprint density at radius 1 is 1.03 bits per heavy atom. The molecule has 1 atom stereocenters. The molecule has 1 aromatic rings. The molecule has 1 unspecified atom stereocenters. The van der Waals surface area contributed by atoms with E-state index in [9.17, 15) is 19.2 Å². The third-order valence-corrected chi connectivity index (χ3v) is 6.77. The van der Waals surface area contributed by atoms with Crippen molar-refractivity contribution in [3.8, 4) is 5.75 Å². The number of carbonyl (C=O) groups excluding carboxylic acids is 4. The number of azide groups is 1. The molecule has 1 fully saturated rings. The number of hydrogen-bond donors (Lipinski definition) is 1. The van der Waals surface area contributed by atoms with Crippen LogP contribution >= 0.6 is 0 Å². The number of nitrogens with zero attached hydrogens (tertiary/aromatic N) is 5. The van der Waals surface area contributed by atoms with Crippen LogP contribution in [-0.2, 0) is 9.59 Å². The van der Waals surface area contributed by atoms with E-state index in [2.05, 4.69) is 20.2 Å². The molecule has 37 heavy (non-hydrogen) atoms. The SMILES string of the molecule is CN(CCCCCCCCCCOc1cccc2c1C(=O)N(C1CCC(=O)NC1=O)C2=O)CCN=[N+]=[N-]. The maximum absolute atomic E-state index is 13.1. The summed E-state index contributed by atoms with van der Waals surface area (Å²) >= 11 is 0. The lowest BCUT2D eigenvalue weighted by atomic mass is 10.0. The fraction of sp³-hybridized carbons (Fsp3) is 0.615. The van der Waals surface area contributed by atoms with Crippen LogP contribution in [0.15, 0.2) is 23.3 Å². The second kappa shape index (κ2) is 14.3. The topological polar surface area (TPSA) is 145 Å². The van der Waals surface area contributed by atoms with Crippen LogP contribution in [-0.4, -0.2) is 72.8 Å². The second-order valence-corrected chi connectivity index (χ2v) is 9.56. The summed E-state index contributed by atoms with van der Waals surface area (Å²) in [5.41, 5.74) is 8.73. The molecule has 0 saturated carbocycles. The number of fused-ring (bicyclic) bond motifs is 1. The van der Waals surface area contributed by atoms with Crippen LogP contribution in [0.25, 0.3) is 10.4 Å². The molecule has 2 heterocycles. The van der Waals surface area contributed by atoms with Gasteiger partial charge in [0.2, 0.25) is 11.8 Å². The van der Waals surface area contributed by atoms with E-state index < -0.39 is 29.7 Å². The predicted octanol–water partition coefficient (Wildman–Crippen LogP) is 3.83. The number of benzene rings is 1. The zero-order valence-electron chi connectivity index (χ0n) is 21.5. The molecule has 1 N–H and O–H groups in total. The first-order valence-corrected chi connectivity index (χ1v) is 13.1. The highest BCUT2D eigenvalue weighted by molar-refractivity contribution is 6.24. The highest BCUT2D eigenvalue weighted by Crippen LogP contribution is 2.33. The minimum absolute atomic E-state index is 0.0880. The van der Waals surface area contributed by atoms with E-state index in [1.54, 1.807) is 18.2 Å². The van der Waals surface area contributed by atoms with Gasteiger partial charge in [-0.3, -0.25) is 29.4 Å². The summed E-state index contributed by atoms with van der Waals surface area (Å²) in [4.78, 5) is 55.5. The molecule has 11 heteroatoms. The quantitative estimate of drug-likeness (QED) is 0.117. The maximum atomic E-state index is 13.1. The number of rotatable bonds is 16. The molecular formula is C26H36N6O5. The predicted molar refractivity (Wildman–Crippen MR) is 137 cm³/mol. The Morgan fingerprint density at radius 3 is 2.43 bits per heavy atom. The summed E-state index contributed by atoms with van der Waals surface area (Å²) in [6, 6.07) is 3.93. The van der Waals surface area contributed by atoms with E-state index in [1.807, 2.05) is 7.05 Å². The standard InChI is InChI=1S/C26H36N6O5/c1-31(17-15-28-30-27)16-8-6-4-2-3-5-7-9-18-37-21-12-10-11-19-23(21)26(36)32(25(19)35)20-13-14-22(33)29-24(20)34/h10-12,20H,2-9,13-18H2,1H3,(H,29,33,34). The average molecular weight is 513 g/mol. The van der Waals surface area contributed by atoms with E-state index in [0.717, 1.165) is 43.7 Å². The molecule has 4 amide bonds. The van der Waals surface area contributed by atoms with Gasteiger partial charge in [-0.05, 0) is 50.5 Å². The van der Waals surface area contributed by atoms with Gasteiger partial charge in [0.05, 0.1) is 17.7 Å². The van der Waals surface area contributed by atoms with Crippen LogP contribution in [0.1, 0.15) is 84.9 Å². The molecule has 0 radical (unpaired) electrons. The van der Waals surface area contributed by atoms with Crippen LogP contribution in [0.4, 0.5) is 0 Å². The Morgan fingerprint density at radius 2 is 1.73 bits per heavy atom. The molecule has 2 aliphatic rings. The smallest absolute Gasteiger partial charge is 0.266 e. The Hall–Kier alpha value is -3.43. The van der Waals surface area contributed by atoms with Gasteiger partial charge in [0.1, 0.15) is 11.8 Å². The molecular weight excluding hydrogens is 476 g/mol. The second-order valence-electron chi connectivity index (χ2n) is 9.56. The fourth-order valence-corrected chi connectivity index (χ4v) is 4.70. The van der Waals surface area contributed by atoms with Crippen molar-refractivity contribution in [3.05, 3.63) is 39.8 Å². The largest absolute Gasteiger partial charge is 0.493 e. The molecule has 0 aromatic heterocycles. The molecule has 11 nitrogen and oxygen atoms in total. The first-order valence-electron chi connectivity index (χ1n) is 13.1. The van der Waals surface area contributed by atoms with Crippen molar-refractivity contribution in [3.63, 3.8) is 0 Å². The van der Waals surface area contributed by atoms with Crippen molar-refractivity contribution in [2.75, 3.05) is 33.3 Å². The molecule has 1 saturated heterocycles. The lowest BCUT2D eigenvalue weighted by molar-refractivity contribution is -0.136. The van der Waals surface area contributed by atoms with Gasteiger partial charge in [-0.1, -0.05) is 49.7 Å². The van der Waals surface area contributed by atoms with Crippen LogP contribution in [0.2, 0.25) is 0 Å². The minimum atomic E-state index is -0.983.